The van der Waals surface area contributed by atoms with Crippen molar-refractivity contribution in [3.63, 3.8) is 0 Å². The number of halogens is 1. The monoisotopic (exact) mass is 383 g/mol. The van der Waals surface area contributed by atoms with E-state index in [1.165, 1.54) is 0 Å². The van der Waals surface area contributed by atoms with Crippen molar-refractivity contribution < 1.29 is 14.3 Å². The maximum atomic E-state index is 12.0. The molecule has 0 spiro atoms. The van der Waals surface area contributed by atoms with Crippen molar-refractivity contribution in [2.24, 2.45) is 0 Å². The molecule has 3 rings (SSSR count). The number of esters is 1. The van der Waals surface area contributed by atoms with Crippen molar-refractivity contribution in [2.75, 3.05) is 6.61 Å². The lowest BCUT2D eigenvalue weighted by molar-refractivity contribution is -0.151. The summed E-state index contributed by atoms with van der Waals surface area (Å²) in [5.41, 5.74) is 3.28. The molecule has 0 fully saturated rings. The summed E-state index contributed by atoms with van der Waals surface area (Å²) < 4.78 is 10.9. The van der Waals surface area contributed by atoms with E-state index in [4.69, 9.17) is 21.1 Å². The molecule has 1 atom stereocenters. The second-order valence-corrected chi connectivity index (χ2v) is 6.61. The highest BCUT2D eigenvalue weighted by Crippen LogP contribution is 2.35. The van der Waals surface area contributed by atoms with Crippen LogP contribution in [0.4, 0.5) is 0 Å². The number of fused-ring (bicyclic) bond motifs is 1. The van der Waals surface area contributed by atoms with Crippen molar-refractivity contribution in [2.45, 2.75) is 33.3 Å². The van der Waals surface area contributed by atoms with Crippen LogP contribution < -0.4 is 4.74 Å². The Balaban J connectivity index is 2.02. The van der Waals surface area contributed by atoms with Gasteiger partial charge in [-0.05, 0) is 55.0 Å². The molecular weight excluding hydrogens is 362 g/mol. The number of carbonyl (C=O) groups is 1. The van der Waals surface area contributed by atoms with Gasteiger partial charge in [-0.25, -0.2) is 9.78 Å². The molecule has 0 aliphatic heterocycles. The number of hydrogen-bond acceptors (Lipinski definition) is 4. The van der Waals surface area contributed by atoms with Crippen LogP contribution >= 0.6 is 11.6 Å². The third-order valence-corrected chi connectivity index (χ3v) is 4.75. The molecule has 0 saturated heterocycles. The zero-order valence-corrected chi connectivity index (χ0v) is 16.4. The Morgan fingerprint density at radius 2 is 1.89 bits per heavy atom. The first kappa shape index (κ1) is 19.2. The summed E-state index contributed by atoms with van der Waals surface area (Å²) in [6.45, 7) is 6.05. The molecular formula is C22H22ClNO3. The molecule has 0 unspecified atom stereocenters. The van der Waals surface area contributed by atoms with Crippen molar-refractivity contribution >= 4 is 28.3 Å². The summed E-state index contributed by atoms with van der Waals surface area (Å²) in [6, 6.07) is 13.8. The Hall–Kier alpha value is -2.59. The topological polar surface area (TPSA) is 48.4 Å². The number of hydrogen-bond donors (Lipinski definition) is 0. The van der Waals surface area contributed by atoms with Crippen molar-refractivity contribution in [1.29, 1.82) is 0 Å². The van der Waals surface area contributed by atoms with Gasteiger partial charge in [-0.2, -0.15) is 0 Å². The van der Waals surface area contributed by atoms with Crippen LogP contribution in [-0.4, -0.2) is 23.7 Å². The highest BCUT2D eigenvalue weighted by atomic mass is 35.5. The summed E-state index contributed by atoms with van der Waals surface area (Å²) in [7, 11) is 0. The van der Waals surface area contributed by atoms with Gasteiger partial charge < -0.3 is 9.47 Å². The lowest BCUT2D eigenvalue weighted by Crippen LogP contribution is -2.28. The summed E-state index contributed by atoms with van der Waals surface area (Å²) in [4.78, 5) is 16.3. The van der Waals surface area contributed by atoms with Gasteiger partial charge >= 0.3 is 5.97 Å². The molecule has 5 heteroatoms. The van der Waals surface area contributed by atoms with Gasteiger partial charge in [0.2, 0.25) is 0 Å². The minimum atomic E-state index is -0.645. The van der Waals surface area contributed by atoms with E-state index in [2.05, 4.69) is 24.0 Å². The van der Waals surface area contributed by atoms with Crippen LogP contribution in [0.15, 0.2) is 48.7 Å². The SMILES string of the molecule is CCOC(=O)[C@@H](CC)Oc1ccc2c(-c3ccccc3C)cnc(Cl)c2c1. The van der Waals surface area contributed by atoms with Gasteiger partial charge in [-0.15, -0.1) is 0 Å². The van der Waals surface area contributed by atoms with Gasteiger partial charge in [0.1, 0.15) is 10.9 Å². The Labute approximate surface area is 164 Å². The number of carbonyl (C=O) groups excluding carboxylic acids is 1. The zero-order valence-electron chi connectivity index (χ0n) is 15.7. The van der Waals surface area contributed by atoms with Crippen LogP contribution in [0.2, 0.25) is 5.15 Å². The fourth-order valence-corrected chi connectivity index (χ4v) is 3.25. The lowest BCUT2D eigenvalue weighted by atomic mass is 9.97. The number of ether oxygens (including phenoxy) is 2. The molecule has 1 aromatic heterocycles. The third kappa shape index (κ3) is 4.06. The first-order valence-corrected chi connectivity index (χ1v) is 9.40. The highest BCUT2D eigenvalue weighted by Gasteiger charge is 2.20. The highest BCUT2D eigenvalue weighted by molar-refractivity contribution is 6.34. The Kier molecular flexibility index (Phi) is 5.97. The van der Waals surface area contributed by atoms with E-state index in [1.807, 2.05) is 37.3 Å². The molecule has 140 valence electrons. The van der Waals surface area contributed by atoms with E-state index in [-0.39, 0.29) is 5.97 Å². The quantitative estimate of drug-likeness (QED) is 0.411. The van der Waals surface area contributed by atoms with Crippen LogP contribution in [-0.2, 0) is 9.53 Å². The molecule has 0 N–H and O–H groups in total. The summed E-state index contributed by atoms with van der Waals surface area (Å²) in [6.07, 6.45) is 1.67. The first-order valence-electron chi connectivity index (χ1n) is 9.02. The molecule has 0 amide bonds. The van der Waals surface area contributed by atoms with Crippen LogP contribution in [0.25, 0.3) is 21.9 Å². The Morgan fingerprint density at radius 3 is 2.59 bits per heavy atom. The maximum Gasteiger partial charge on any atom is 0.347 e. The van der Waals surface area contributed by atoms with Crippen LogP contribution in [0.3, 0.4) is 0 Å². The van der Waals surface area contributed by atoms with E-state index < -0.39 is 6.10 Å². The smallest absolute Gasteiger partial charge is 0.347 e. The number of benzene rings is 2. The largest absolute Gasteiger partial charge is 0.479 e. The number of rotatable bonds is 6. The maximum absolute atomic E-state index is 12.0. The standard InChI is InChI=1S/C22H22ClNO3/c1-4-20(22(25)26-5-2)27-15-10-11-17-18(12-15)21(23)24-13-19(17)16-9-7-6-8-14(16)3/h6-13,20H,4-5H2,1-3H3/t20-/m1/s1. The molecule has 4 nitrogen and oxygen atoms in total. The average molecular weight is 384 g/mol. The number of nitrogens with zero attached hydrogens (tertiary/aromatic N) is 1. The predicted molar refractivity (Wildman–Crippen MR) is 108 cm³/mol. The lowest BCUT2D eigenvalue weighted by Gasteiger charge is -2.17. The van der Waals surface area contributed by atoms with E-state index in [0.29, 0.717) is 23.9 Å². The van der Waals surface area contributed by atoms with Crippen LogP contribution in [0, 0.1) is 6.92 Å². The van der Waals surface area contributed by atoms with E-state index in [0.717, 1.165) is 27.5 Å². The van der Waals surface area contributed by atoms with Gasteiger partial charge in [-0.3, -0.25) is 0 Å². The van der Waals surface area contributed by atoms with Gasteiger partial charge in [0.25, 0.3) is 0 Å². The average Bonchev–Trinajstić information content (AvgIpc) is 2.67. The van der Waals surface area contributed by atoms with Gasteiger partial charge in [0.15, 0.2) is 6.10 Å². The minimum Gasteiger partial charge on any atom is -0.479 e. The van der Waals surface area contributed by atoms with Crippen LogP contribution in [0.1, 0.15) is 25.8 Å². The minimum absolute atomic E-state index is 0.325. The summed E-state index contributed by atoms with van der Waals surface area (Å²) in [5, 5.41) is 2.17. The predicted octanol–water partition coefficient (Wildman–Crippen LogP) is 5.58. The molecule has 2 aromatic carbocycles. The summed E-state index contributed by atoms with van der Waals surface area (Å²) >= 11 is 6.35. The molecule has 0 radical (unpaired) electrons. The number of aryl methyl sites for hydroxylation is 1. The molecule has 0 aliphatic carbocycles. The fourth-order valence-electron chi connectivity index (χ4n) is 3.05. The fraction of sp³-hybridized carbons (Fsp3) is 0.273. The Bertz CT molecular complexity index is 971. The Morgan fingerprint density at radius 1 is 1.11 bits per heavy atom. The van der Waals surface area contributed by atoms with Crippen molar-refractivity contribution in [3.05, 3.63) is 59.4 Å². The van der Waals surface area contributed by atoms with E-state index in [9.17, 15) is 4.79 Å². The second-order valence-electron chi connectivity index (χ2n) is 6.25. The molecule has 3 aromatic rings. The third-order valence-electron chi connectivity index (χ3n) is 4.44. The first-order chi connectivity index (χ1) is 13.0. The van der Waals surface area contributed by atoms with Gasteiger partial charge in [0.05, 0.1) is 6.61 Å². The van der Waals surface area contributed by atoms with Gasteiger partial charge in [-0.1, -0.05) is 42.8 Å². The van der Waals surface area contributed by atoms with E-state index >= 15 is 0 Å². The van der Waals surface area contributed by atoms with Crippen molar-refractivity contribution in [3.8, 4) is 16.9 Å². The zero-order chi connectivity index (χ0) is 19.4. The molecule has 1 heterocycles. The molecule has 0 saturated carbocycles. The second kappa shape index (κ2) is 8.40. The van der Waals surface area contributed by atoms with Crippen molar-refractivity contribution in [1.82, 2.24) is 4.98 Å². The molecule has 27 heavy (non-hydrogen) atoms. The molecule has 0 aliphatic rings. The summed E-state index contributed by atoms with van der Waals surface area (Å²) in [5.74, 6) is 0.200. The van der Waals surface area contributed by atoms with Gasteiger partial charge in [0, 0.05) is 17.1 Å². The van der Waals surface area contributed by atoms with Crippen LogP contribution in [0.5, 0.6) is 5.75 Å². The number of aromatic nitrogens is 1. The molecule has 0 bridgehead atoms. The normalized spacial score (nSPS) is 12.0. The number of pyridine rings is 1. The van der Waals surface area contributed by atoms with E-state index in [1.54, 1.807) is 13.1 Å².